The highest BCUT2D eigenvalue weighted by Crippen LogP contribution is 2.51. The summed E-state index contributed by atoms with van der Waals surface area (Å²) >= 11 is 1.61. The summed E-state index contributed by atoms with van der Waals surface area (Å²) in [4.78, 5) is 43.6. The first kappa shape index (κ1) is 29.4. The molecular weight excluding hydrogens is 574 g/mol. The van der Waals surface area contributed by atoms with Crippen molar-refractivity contribution >= 4 is 33.9 Å². The fourth-order valence-electron chi connectivity index (χ4n) is 8.13. The van der Waals surface area contributed by atoms with Crippen LogP contribution < -0.4 is 15.8 Å². The van der Waals surface area contributed by atoms with Gasteiger partial charge in [-0.3, -0.25) is 14.5 Å². The van der Waals surface area contributed by atoms with E-state index in [-0.39, 0.29) is 18.1 Å². The predicted octanol–water partition coefficient (Wildman–Crippen LogP) is 4.40. The van der Waals surface area contributed by atoms with E-state index in [4.69, 9.17) is 14.7 Å². The molecular formula is C33H43N7O3S. The van der Waals surface area contributed by atoms with E-state index in [1.165, 1.54) is 31.1 Å². The van der Waals surface area contributed by atoms with E-state index in [2.05, 4.69) is 40.9 Å². The zero-order valence-electron chi connectivity index (χ0n) is 26.4. The van der Waals surface area contributed by atoms with Gasteiger partial charge in [0.05, 0.1) is 5.69 Å². The van der Waals surface area contributed by atoms with Gasteiger partial charge in [0.25, 0.3) is 5.56 Å². The molecule has 6 heterocycles. The zero-order chi connectivity index (χ0) is 30.7. The number of hydrogen-bond acceptors (Lipinski definition) is 10. The second-order valence-electron chi connectivity index (χ2n) is 14.0. The van der Waals surface area contributed by atoms with Crippen molar-refractivity contribution in [2.45, 2.75) is 71.7 Å². The number of nitrogens with one attached hydrogen (secondary N) is 1. The van der Waals surface area contributed by atoms with Crippen molar-refractivity contribution in [3.05, 3.63) is 51.0 Å². The third-order valence-electron chi connectivity index (χ3n) is 10.1. The summed E-state index contributed by atoms with van der Waals surface area (Å²) in [7, 11) is 3.88. The lowest BCUT2D eigenvalue weighted by molar-refractivity contribution is -0.142. The zero-order valence-corrected chi connectivity index (χ0v) is 27.2. The summed E-state index contributed by atoms with van der Waals surface area (Å²) in [6.07, 6.45) is 8.42. The van der Waals surface area contributed by atoms with Gasteiger partial charge in [0.2, 0.25) is 0 Å². The Morgan fingerprint density at radius 3 is 2.86 bits per heavy atom. The number of aromatic nitrogens is 3. The second kappa shape index (κ2) is 11.3. The van der Waals surface area contributed by atoms with Crippen LogP contribution in [-0.4, -0.2) is 75.6 Å². The number of aryl methyl sites for hydroxylation is 1. The molecule has 3 unspecified atom stereocenters. The molecule has 7 rings (SSSR count). The highest BCUT2D eigenvalue weighted by molar-refractivity contribution is 7.15. The smallest absolute Gasteiger partial charge is 0.302 e. The summed E-state index contributed by atoms with van der Waals surface area (Å²) in [5.74, 6) is 1.31. The monoisotopic (exact) mass is 617 g/mol. The van der Waals surface area contributed by atoms with Crippen molar-refractivity contribution in [2.24, 2.45) is 18.4 Å². The fourth-order valence-corrected chi connectivity index (χ4v) is 9.23. The van der Waals surface area contributed by atoms with Crippen LogP contribution in [0.4, 0.5) is 16.6 Å². The molecule has 3 atom stereocenters. The number of nitrogens with zero attached hydrogens (tertiary/aromatic N) is 6. The van der Waals surface area contributed by atoms with Crippen LogP contribution in [-0.2, 0) is 36.2 Å². The number of fused-ring (bicyclic) bond motifs is 4. The van der Waals surface area contributed by atoms with Crippen molar-refractivity contribution in [1.29, 1.82) is 0 Å². The van der Waals surface area contributed by atoms with Crippen molar-refractivity contribution in [3.8, 4) is 11.1 Å². The lowest BCUT2D eigenvalue weighted by Crippen LogP contribution is -2.53. The van der Waals surface area contributed by atoms with Gasteiger partial charge in [-0.2, -0.15) is 0 Å². The maximum absolute atomic E-state index is 13.3. The number of ether oxygens (including phenoxy) is 1. The number of anilines is 3. The molecule has 11 heteroatoms. The molecule has 0 radical (unpaired) electrons. The van der Waals surface area contributed by atoms with Gasteiger partial charge < -0.3 is 24.4 Å². The number of pyridine rings is 2. The van der Waals surface area contributed by atoms with Crippen LogP contribution in [0.15, 0.2) is 29.3 Å². The molecule has 0 spiro atoms. The number of esters is 1. The number of thiazole rings is 1. The predicted molar refractivity (Wildman–Crippen MR) is 173 cm³/mol. The van der Waals surface area contributed by atoms with Crippen molar-refractivity contribution in [3.63, 3.8) is 0 Å². The molecule has 3 fully saturated rings. The second-order valence-corrected chi connectivity index (χ2v) is 15.1. The van der Waals surface area contributed by atoms with Gasteiger partial charge in [0.1, 0.15) is 18.1 Å². The van der Waals surface area contributed by atoms with E-state index in [1.807, 2.05) is 24.5 Å². The van der Waals surface area contributed by atoms with Crippen molar-refractivity contribution in [2.75, 3.05) is 43.4 Å². The van der Waals surface area contributed by atoms with Crippen molar-refractivity contribution in [1.82, 2.24) is 24.3 Å². The third kappa shape index (κ3) is 5.54. The van der Waals surface area contributed by atoms with Gasteiger partial charge in [-0.05, 0) is 55.3 Å². The average Bonchev–Trinajstić information content (AvgIpc) is 3.62. The fraction of sp³-hybridized carbons (Fsp3) is 0.576. The molecule has 234 valence electrons. The molecule has 3 aromatic rings. The first-order chi connectivity index (χ1) is 21.0. The first-order valence-corrected chi connectivity index (χ1v) is 16.6. The number of likely N-dealkylation sites (N-methyl/N-ethyl adjacent to an activating group) is 1. The minimum absolute atomic E-state index is 0.122. The van der Waals surface area contributed by atoms with Crippen LogP contribution in [0.25, 0.3) is 11.1 Å². The minimum Gasteiger partial charge on any atom is -0.461 e. The lowest BCUT2D eigenvalue weighted by Gasteiger charge is -2.41. The maximum Gasteiger partial charge on any atom is 0.302 e. The van der Waals surface area contributed by atoms with Crippen LogP contribution in [0.1, 0.15) is 56.2 Å². The normalized spacial score (nSPS) is 24.6. The topological polar surface area (TPSA) is 95.8 Å². The van der Waals surface area contributed by atoms with Gasteiger partial charge in [-0.1, -0.05) is 13.8 Å². The number of rotatable bonds is 6. The van der Waals surface area contributed by atoms with Crippen molar-refractivity contribution < 1.29 is 9.53 Å². The third-order valence-corrected chi connectivity index (χ3v) is 11.1. The Balaban J connectivity index is 1.20. The molecule has 0 bridgehead atoms. The quantitative estimate of drug-likeness (QED) is 0.404. The number of carbonyl (C=O) groups excluding carboxylic acids is 1. The Bertz CT molecular complexity index is 1650. The molecule has 1 aliphatic carbocycles. The summed E-state index contributed by atoms with van der Waals surface area (Å²) in [6.45, 7) is 11.1. The Morgan fingerprint density at radius 2 is 2.05 bits per heavy atom. The van der Waals surface area contributed by atoms with Crippen LogP contribution in [0, 0.1) is 11.3 Å². The molecule has 3 aromatic heterocycles. The van der Waals surface area contributed by atoms with Gasteiger partial charge in [0, 0.05) is 93.6 Å². The molecule has 1 saturated carbocycles. The largest absolute Gasteiger partial charge is 0.461 e. The van der Waals surface area contributed by atoms with E-state index in [0.717, 1.165) is 78.4 Å². The lowest BCUT2D eigenvalue weighted by atomic mass is 9.88. The van der Waals surface area contributed by atoms with Crippen LogP contribution in [0.5, 0.6) is 0 Å². The molecule has 44 heavy (non-hydrogen) atoms. The molecule has 0 aromatic carbocycles. The molecule has 3 aliphatic heterocycles. The minimum atomic E-state index is -0.331. The average molecular weight is 618 g/mol. The van der Waals surface area contributed by atoms with Gasteiger partial charge in [-0.15, -0.1) is 11.3 Å². The standard InChI is InChI=1S/C33H43N7O3S/c1-20(41)43-19-25-24(6-8-34-30(25)39-10-11-40-23(17-39)12-21-14-33(2,3)15-28(21)40)22-13-27(31(42)38(5)16-22)36-32-35-26-7-9-37(4)18-29(26)44-32/h6,8,13,16,21,23,28H,7,9-12,14-15,17-19H2,1-5H3,(H,35,36). The Morgan fingerprint density at radius 1 is 1.20 bits per heavy atom. The molecule has 0 amide bonds. The maximum atomic E-state index is 13.3. The number of carbonyl (C=O) groups is 1. The SMILES string of the molecule is CC(=O)OCc1c(-c2cc(Nc3nc4c(s3)CN(C)CC4)c(=O)n(C)c2)ccnc1N1CCN2C(CC3CC(C)(C)CC32)C1. The molecule has 10 nitrogen and oxygen atoms in total. The van der Waals surface area contributed by atoms with Crippen LogP contribution in [0.2, 0.25) is 0 Å². The Labute approximate surface area is 263 Å². The van der Waals surface area contributed by atoms with E-state index in [1.54, 1.807) is 23.0 Å². The molecule has 4 aliphatic rings. The van der Waals surface area contributed by atoms with Crippen LogP contribution in [0.3, 0.4) is 0 Å². The summed E-state index contributed by atoms with van der Waals surface area (Å²) in [5, 5.41) is 4.07. The highest BCUT2D eigenvalue weighted by atomic mass is 32.1. The van der Waals surface area contributed by atoms with Gasteiger partial charge in [0.15, 0.2) is 5.13 Å². The van der Waals surface area contributed by atoms with E-state index < -0.39 is 0 Å². The summed E-state index contributed by atoms with van der Waals surface area (Å²) < 4.78 is 7.22. The summed E-state index contributed by atoms with van der Waals surface area (Å²) in [5.41, 5.74) is 4.52. The van der Waals surface area contributed by atoms with E-state index in [0.29, 0.717) is 23.2 Å². The highest BCUT2D eigenvalue weighted by Gasteiger charge is 2.50. The molecule has 1 N–H and O–H groups in total. The Hall–Kier alpha value is -3.28. The van der Waals surface area contributed by atoms with Gasteiger partial charge in [-0.25, -0.2) is 9.97 Å². The Kier molecular flexibility index (Phi) is 7.53. The van der Waals surface area contributed by atoms with Crippen LogP contribution >= 0.6 is 11.3 Å². The van der Waals surface area contributed by atoms with E-state index >= 15 is 0 Å². The van der Waals surface area contributed by atoms with E-state index in [9.17, 15) is 9.59 Å². The van der Waals surface area contributed by atoms with Gasteiger partial charge >= 0.3 is 5.97 Å². The first-order valence-electron chi connectivity index (χ1n) is 15.8. The molecule has 2 saturated heterocycles. The number of piperazine rings is 1. The number of hydrogen-bond donors (Lipinski definition) is 1. The summed E-state index contributed by atoms with van der Waals surface area (Å²) in [6, 6.07) is 5.06.